The lowest BCUT2D eigenvalue weighted by Crippen LogP contribution is -2.65. The fourth-order valence-electron chi connectivity index (χ4n) is 6.64. The third-order valence-corrected chi connectivity index (χ3v) is 9.65. The van der Waals surface area contributed by atoms with Crippen molar-refractivity contribution in [3.63, 3.8) is 0 Å². The maximum Gasteiger partial charge on any atom is 0.408 e. The summed E-state index contributed by atoms with van der Waals surface area (Å²) in [5.41, 5.74) is 3.09. The molecule has 0 radical (unpaired) electrons. The van der Waals surface area contributed by atoms with Crippen molar-refractivity contribution in [1.82, 2.24) is 31.5 Å². The number of aliphatic hydroxyl groups is 1. The minimum absolute atomic E-state index is 0.00328. The molecular formula is C43H65N7O11. The molecule has 0 aromatic heterocycles. The Morgan fingerprint density at radius 2 is 1.56 bits per heavy atom. The molecule has 338 valence electrons. The van der Waals surface area contributed by atoms with Crippen molar-refractivity contribution in [2.75, 3.05) is 26.2 Å². The summed E-state index contributed by atoms with van der Waals surface area (Å²) >= 11 is 0. The molecule has 2 aromatic rings. The van der Waals surface area contributed by atoms with Crippen molar-refractivity contribution in [1.29, 1.82) is 0 Å². The van der Waals surface area contributed by atoms with E-state index in [1.165, 1.54) is 11.0 Å². The molecular weight excluding hydrogens is 791 g/mol. The number of ether oxygens (including phenoxy) is 2. The van der Waals surface area contributed by atoms with Gasteiger partial charge in [0.2, 0.25) is 17.5 Å². The first-order valence-electron chi connectivity index (χ1n) is 20.4. The van der Waals surface area contributed by atoms with E-state index in [9.17, 15) is 44.1 Å². The van der Waals surface area contributed by atoms with E-state index in [0.717, 1.165) is 0 Å². The molecule has 0 aliphatic carbocycles. The Hall–Kier alpha value is -5.62. The van der Waals surface area contributed by atoms with Gasteiger partial charge in [-0.1, -0.05) is 51.1 Å². The van der Waals surface area contributed by atoms with Gasteiger partial charge in [0.15, 0.2) is 0 Å². The minimum Gasteiger partial charge on any atom is -0.508 e. The van der Waals surface area contributed by atoms with Crippen LogP contribution in [-0.4, -0.2) is 117 Å². The molecule has 18 heteroatoms. The number of hydrogen-bond acceptors (Lipinski definition) is 11. The maximum atomic E-state index is 14.6. The van der Waals surface area contributed by atoms with E-state index in [0.29, 0.717) is 16.7 Å². The molecule has 2 aromatic carbocycles. The number of nitrogens with two attached hydrogens (primary N) is 1. The van der Waals surface area contributed by atoms with Crippen LogP contribution in [0.25, 0.3) is 11.1 Å². The smallest absolute Gasteiger partial charge is 0.408 e. The summed E-state index contributed by atoms with van der Waals surface area (Å²) in [7, 11) is 0. The molecule has 0 saturated carbocycles. The van der Waals surface area contributed by atoms with Gasteiger partial charge >= 0.3 is 18.3 Å². The van der Waals surface area contributed by atoms with Crippen molar-refractivity contribution in [2.24, 2.45) is 11.1 Å². The maximum absolute atomic E-state index is 14.6. The topological polar surface area (TPSA) is 271 Å². The lowest BCUT2D eigenvalue weighted by Gasteiger charge is -2.35. The molecule has 4 bridgehead atoms. The van der Waals surface area contributed by atoms with Crippen LogP contribution in [0.3, 0.4) is 0 Å². The summed E-state index contributed by atoms with van der Waals surface area (Å²) in [6.45, 7) is 15.5. The van der Waals surface area contributed by atoms with E-state index in [2.05, 4.69) is 26.6 Å². The predicted molar refractivity (Wildman–Crippen MR) is 227 cm³/mol. The summed E-state index contributed by atoms with van der Waals surface area (Å²) in [4.78, 5) is 81.9. The van der Waals surface area contributed by atoms with Gasteiger partial charge in [-0.15, -0.1) is 0 Å². The highest BCUT2D eigenvalue weighted by Gasteiger charge is 2.42. The highest BCUT2D eigenvalue weighted by Crippen LogP contribution is 2.29. The fourth-order valence-corrected chi connectivity index (χ4v) is 6.64. The number of phenols is 1. The molecule has 61 heavy (non-hydrogen) atoms. The van der Waals surface area contributed by atoms with Crippen molar-refractivity contribution in [2.45, 2.75) is 129 Å². The second-order valence-corrected chi connectivity index (χ2v) is 18.3. The van der Waals surface area contributed by atoms with Gasteiger partial charge < -0.3 is 62.0 Å². The Bertz CT molecular complexity index is 1890. The van der Waals surface area contributed by atoms with Crippen LogP contribution in [0, 0.1) is 5.41 Å². The van der Waals surface area contributed by atoms with Gasteiger partial charge in [0.1, 0.15) is 29.0 Å². The van der Waals surface area contributed by atoms with E-state index in [-0.39, 0.29) is 63.2 Å². The van der Waals surface area contributed by atoms with Gasteiger partial charge in [-0.2, -0.15) is 0 Å². The predicted octanol–water partition coefficient (Wildman–Crippen LogP) is 3.51. The minimum atomic E-state index is -2.74. The normalized spacial score (nSPS) is 19.1. The van der Waals surface area contributed by atoms with Crippen LogP contribution in [0.1, 0.15) is 92.7 Å². The third kappa shape index (κ3) is 16.1. The average Bonchev–Trinajstić information content (AvgIpc) is 3.12. The summed E-state index contributed by atoms with van der Waals surface area (Å²) in [6.07, 6.45) is -3.71. The molecule has 1 unspecified atom stereocenters. The molecule has 0 fully saturated rings. The van der Waals surface area contributed by atoms with E-state index >= 15 is 0 Å². The van der Waals surface area contributed by atoms with Gasteiger partial charge in [0, 0.05) is 51.5 Å². The van der Waals surface area contributed by atoms with Crippen LogP contribution in [0.5, 0.6) is 5.75 Å². The lowest BCUT2D eigenvalue weighted by atomic mass is 9.84. The number of carboxylic acid groups (broad SMARTS) is 1. The number of benzene rings is 2. The lowest BCUT2D eigenvalue weighted by molar-refractivity contribution is -0.153. The van der Waals surface area contributed by atoms with Crippen LogP contribution in [-0.2, 0) is 36.7 Å². The van der Waals surface area contributed by atoms with Crippen molar-refractivity contribution < 1.29 is 53.6 Å². The number of nitrogens with zero attached hydrogens (tertiary/aromatic N) is 1. The molecule has 0 spiro atoms. The van der Waals surface area contributed by atoms with Gasteiger partial charge in [-0.05, 0) is 94.2 Å². The number of carbonyl (C=O) groups is 6. The Labute approximate surface area is 357 Å². The zero-order valence-electron chi connectivity index (χ0n) is 36.8. The zero-order chi connectivity index (χ0) is 45.9. The number of fused-ring (bicyclic) bond motifs is 5. The monoisotopic (exact) mass is 855 g/mol. The highest BCUT2D eigenvalue weighted by molar-refractivity contribution is 5.95. The van der Waals surface area contributed by atoms with E-state index in [1.807, 2.05) is 26.8 Å². The molecule has 4 atom stereocenters. The number of alkyl carbamates (subject to hydrolysis) is 2. The van der Waals surface area contributed by atoms with Gasteiger partial charge in [-0.25, -0.2) is 14.4 Å². The Balaban J connectivity index is 2.16. The summed E-state index contributed by atoms with van der Waals surface area (Å²) in [5.74, 6) is -3.01. The standard InChI is InChI=1S/C43H65N7O11/c1-40(2,3)33(48-37(55)56)16-20-50(21-18-44)35(53)31-25-29-24-28(14-15-32(29)51)27-13-10-12-26(22-27)23-30(47-39(58)61-42(7,8)9)34(52)49-43(59,36(54)46-31)17-11-19-45-38(57)60-41(4,5)6/h10,12-15,22,24,30-31,33,48,51,59H,11,16-21,23,25,44H2,1-9H3,(H,45,57)(H,46,54)(H,47,58)(H,49,52)(H,55,56)/t30-,31-,33?,43-/m0/s1. The quantitative estimate of drug-likeness (QED) is 0.139. The molecule has 1 aliphatic heterocycles. The van der Waals surface area contributed by atoms with Crippen LogP contribution in [0.15, 0.2) is 42.5 Å². The summed E-state index contributed by atoms with van der Waals surface area (Å²) < 4.78 is 10.7. The number of rotatable bonds is 12. The van der Waals surface area contributed by atoms with Crippen molar-refractivity contribution >= 4 is 36.0 Å². The number of amides is 6. The Morgan fingerprint density at radius 1 is 0.918 bits per heavy atom. The number of hydrogen-bond donors (Lipinski definition) is 9. The Kier molecular flexibility index (Phi) is 16.9. The number of carbonyl (C=O) groups excluding carboxylic acids is 5. The number of aromatic hydroxyl groups is 1. The molecule has 0 saturated heterocycles. The zero-order valence-corrected chi connectivity index (χ0v) is 36.8. The molecule has 3 rings (SSSR count). The molecule has 1 aliphatic rings. The molecule has 6 amide bonds. The number of nitrogens with one attached hydrogen (secondary N) is 5. The van der Waals surface area contributed by atoms with Gasteiger partial charge in [0.05, 0.1) is 0 Å². The fraction of sp³-hybridized carbons (Fsp3) is 0.581. The van der Waals surface area contributed by atoms with Crippen LogP contribution < -0.4 is 32.3 Å². The average molecular weight is 856 g/mol. The first-order chi connectivity index (χ1) is 28.2. The summed E-state index contributed by atoms with van der Waals surface area (Å²) in [6, 6.07) is 8.40. The largest absolute Gasteiger partial charge is 0.508 e. The van der Waals surface area contributed by atoms with Crippen molar-refractivity contribution in [3.8, 4) is 16.9 Å². The first-order valence-corrected chi connectivity index (χ1v) is 20.4. The molecule has 1 heterocycles. The van der Waals surface area contributed by atoms with E-state index < -0.39 is 82.9 Å². The number of phenolic OH excluding ortho intramolecular Hbond substituents is 1. The summed E-state index contributed by atoms with van der Waals surface area (Å²) in [5, 5.41) is 45.5. The van der Waals surface area contributed by atoms with Crippen LogP contribution in [0.2, 0.25) is 0 Å². The first kappa shape index (κ1) is 49.7. The van der Waals surface area contributed by atoms with Crippen LogP contribution in [0.4, 0.5) is 14.4 Å². The van der Waals surface area contributed by atoms with E-state index in [4.69, 9.17) is 15.2 Å². The van der Waals surface area contributed by atoms with Crippen molar-refractivity contribution in [3.05, 3.63) is 53.6 Å². The van der Waals surface area contributed by atoms with Gasteiger partial charge in [0.25, 0.3) is 5.91 Å². The van der Waals surface area contributed by atoms with Gasteiger partial charge in [-0.3, -0.25) is 14.4 Å². The highest BCUT2D eigenvalue weighted by atomic mass is 16.6. The second kappa shape index (κ2) is 20.8. The SMILES string of the molecule is CC(C)(C)OC(=O)NCCC[C@@]1(O)NC(=O)[C@@H](NC(=O)OC(C)(C)C)Cc2cccc(c2)-c2ccc(O)c(c2)C[C@@H](C(=O)N(CCN)CCC(NC(=O)O)C(C)(C)C)NC1=O. The molecule has 10 N–H and O–H groups in total. The van der Waals surface area contributed by atoms with Crippen LogP contribution >= 0.6 is 0 Å². The third-order valence-electron chi connectivity index (χ3n) is 9.65. The van der Waals surface area contributed by atoms with E-state index in [1.54, 1.807) is 71.9 Å². The Morgan fingerprint density at radius 3 is 2.16 bits per heavy atom. The molecule has 18 nitrogen and oxygen atoms in total. The second-order valence-electron chi connectivity index (χ2n) is 18.3.